The second-order valence-electron chi connectivity index (χ2n) is 3.25. The van der Waals surface area contributed by atoms with Crippen LogP contribution in [0.15, 0.2) is 18.2 Å². The largest absolute Gasteiger partial charge is 0.493 e. The highest BCUT2D eigenvalue weighted by Gasteiger charge is 2.23. The number of hydrogen-bond donors (Lipinski definition) is 1. The third-order valence-electron chi connectivity index (χ3n) is 2.23. The number of ketones is 1. The molecule has 74 valence electrons. The van der Waals surface area contributed by atoms with Crippen LogP contribution in [0.4, 0.5) is 4.39 Å². The van der Waals surface area contributed by atoms with Crippen molar-refractivity contribution in [2.24, 2.45) is 5.73 Å². The molecule has 3 nitrogen and oxygen atoms in total. The Morgan fingerprint density at radius 1 is 1.50 bits per heavy atom. The molecule has 0 bridgehead atoms. The summed E-state index contributed by atoms with van der Waals surface area (Å²) in [6.07, 6.45) is 0.467. The van der Waals surface area contributed by atoms with Gasteiger partial charge in [0, 0.05) is 6.42 Å². The Morgan fingerprint density at radius 2 is 2.29 bits per heavy atom. The maximum Gasteiger partial charge on any atom is 0.183 e. The lowest BCUT2D eigenvalue weighted by atomic mass is 10.0. The molecule has 0 spiro atoms. The molecular formula is C10H10FNO2. The lowest BCUT2D eigenvalue weighted by molar-refractivity contribution is 0.0960. The van der Waals surface area contributed by atoms with E-state index in [0.29, 0.717) is 18.8 Å². The zero-order valence-electron chi connectivity index (χ0n) is 7.50. The molecule has 1 unspecified atom stereocenters. The standard InChI is InChI=1S/C10H10FNO2/c11-6-1-2-9-7(5-6)10(13)8(12)3-4-14-9/h1-2,5,8H,3-4,12H2. The van der Waals surface area contributed by atoms with Gasteiger partial charge in [-0.05, 0) is 18.2 Å². The Bertz CT molecular complexity index is 378. The maximum atomic E-state index is 12.9. The Labute approximate surface area is 80.7 Å². The van der Waals surface area contributed by atoms with Crippen molar-refractivity contribution < 1.29 is 13.9 Å². The van der Waals surface area contributed by atoms with Crippen LogP contribution in [0.3, 0.4) is 0 Å². The predicted octanol–water partition coefficient (Wildman–Crippen LogP) is 1.12. The first-order chi connectivity index (χ1) is 6.68. The van der Waals surface area contributed by atoms with Crippen LogP contribution in [0, 0.1) is 5.82 Å². The second kappa shape index (κ2) is 3.38. The Hall–Kier alpha value is -1.42. The van der Waals surface area contributed by atoms with Crippen molar-refractivity contribution in [2.45, 2.75) is 12.5 Å². The number of halogens is 1. The van der Waals surface area contributed by atoms with E-state index in [2.05, 4.69) is 0 Å². The fourth-order valence-corrected chi connectivity index (χ4v) is 1.45. The van der Waals surface area contributed by atoms with Crippen LogP contribution < -0.4 is 10.5 Å². The lowest BCUT2D eigenvalue weighted by Gasteiger charge is -2.05. The Balaban J connectivity index is 2.50. The van der Waals surface area contributed by atoms with E-state index in [1.54, 1.807) is 0 Å². The maximum absolute atomic E-state index is 12.9. The summed E-state index contributed by atoms with van der Waals surface area (Å²) >= 11 is 0. The summed E-state index contributed by atoms with van der Waals surface area (Å²) in [6, 6.07) is 3.31. The van der Waals surface area contributed by atoms with Gasteiger partial charge in [0.2, 0.25) is 0 Å². The van der Waals surface area contributed by atoms with Crippen LogP contribution in [-0.4, -0.2) is 18.4 Å². The highest BCUT2D eigenvalue weighted by Crippen LogP contribution is 2.24. The summed E-state index contributed by atoms with van der Waals surface area (Å²) in [7, 11) is 0. The number of carbonyl (C=O) groups excluding carboxylic acids is 1. The molecule has 14 heavy (non-hydrogen) atoms. The third-order valence-corrected chi connectivity index (χ3v) is 2.23. The monoisotopic (exact) mass is 195 g/mol. The van der Waals surface area contributed by atoms with Gasteiger partial charge >= 0.3 is 0 Å². The molecule has 1 heterocycles. The van der Waals surface area contributed by atoms with E-state index < -0.39 is 11.9 Å². The summed E-state index contributed by atoms with van der Waals surface area (Å²) < 4.78 is 18.2. The van der Waals surface area contributed by atoms with Crippen LogP contribution in [0.5, 0.6) is 5.75 Å². The zero-order valence-corrected chi connectivity index (χ0v) is 7.50. The van der Waals surface area contributed by atoms with E-state index in [4.69, 9.17) is 10.5 Å². The summed E-state index contributed by atoms with van der Waals surface area (Å²) in [5.41, 5.74) is 5.84. The minimum absolute atomic E-state index is 0.245. The van der Waals surface area contributed by atoms with E-state index in [9.17, 15) is 9.18 Å². The fraction of sp³-hybridized carbons (Fsp3) is 0.300. The van der Waals surface area contributed by atoms with Gasteiger partial charge < -0.3 is 10.5 Å². The number of hydrogen-bond acceptors (Lipinski definition) is 3. The molecule has 0 saturated heterocycles. The molecular weight excluding hydrogens is 185 g/mol. The molecule has 1 aromatic rings. The fourth-order valence-electron chi connectivity index (χ4n) is 1.45. The molecule has 0 amide bonds. The van der Waals surface area contributed by atoms with Gasteiger partial charge in [0.15, 0.2) is 5.78 Å². The van der Waals surface area contributed by atoms with Crippen molar-refractivity contribution in [1.29, 1.82) is 0 Å². The van der Waals surface area contributed by atoms with Crippen LogP contribution in [-0.2, 0) is 0 Å². The quantitative estimate of drug-likeness (QED) is 0.674. The first kappa shape index (κ1) is 9.15. The number of ether oxygens (including phenoxy) is 1. The highest BCUT2D eigenvalue weighted by molar-refractivity contribution is 6.02. The lowest BCUT2D eigenvalue weighted by Crippen LogP contribution is -2.30. The van der Waals surface area contributed by atoms with Crippen molar-refractivity contribution in [2.75, 3.05) is 6.61 Å². The average molecular weight is 195 g/mol. The number of benzene rings is 1. The number of Topliss-reactive ketones (excluding diaryl/α,β-unsaturated/α-hetero) is 1. The number of carbonyl (C=O) groups is 1. The second-order valence-corrected chi connectivity index (χ2v) is 3.25. The van der Waals surface area contributed by atoms with Crippen LogP contribution in [0.2, 0.25) is 0 Å². The molecule has 2 N–H and O–H groups in total. The molecule has 1 aliphatic heterocycles. The summed E-state index contributed by atoms with van der Waals surface area (Å²) in [6.45, 7) is 0.394. The SMILES string of the molecule is NC1CCOc2ccc(F)cc2C1=O. The molecule has 0 saturated carbocycles. The van der Waals surface area contributed by atoms with Gasteiger partial charge in [-0.25, -0.2) is 4.39 Å². The van der Waals surface area contributed by atoms with Gasteiger partial charge in [0.05, 0.1) is 18.2 Å². The van der Waals surface area contributed by atoms with Crippen molar-refractivity contribution in [3.63, 3.8) is 0 Å². The molecule has 0 aromatic heterocycles. The van der Waals surface area contributed by atoms with Gasteiger partial charge in [-0.15, -0.1) is 0 Å². The van der Waals surface area contributed by atoms with Crippen LogP contribution >= 0.6 is 0 Å². The van der Waals surface area contributed by atoms with Crippen molar-refractivity contribution in [3.8, 4) is 5.75 Å². The predicted molar refractivity (Wildman–Crippen MR) is 48.8 cm³/mol. The first-order valence-corrected chi connectivity index (χ1v) is 4.40. The van der Waals surface area contributed by atoms with Crippen molar-refractivity contribution in [3.05, 3.63) is 29.6 Å². The molecule has 1 aromatic carbocycles. The Morgan fingerprint density at radius 3 is 3.07 bits per heavy atom. The van der Waals surface area contributed by atoms with Gasteiger partial charge in [-0.3, -0.25) is 4.79 Å². The van der Waals surface area contributed by atoms with Crippen molar-refractivity contribution in [1.82, 2.24) is 0 Å². The number of nitrogens with two attached hydrogens (primary N) is 1. The number of rotatable bonds is 0. The summed E-state index contributed by atoms with van der Waals surface area (Å²) in [5.74, 6) is -0.281. The van der Waals surface area contributed by atoms with Crippen LogP contribution in [0.1, 0.15) is 16.8 Å². The van der Waals surface area contributed by atoms with Crippen LogP contribution in [0.25, 0.3) is 0 Å². The first-order valence-electron chi connectivity index (χ1n) is 4.40. The van der Waals surface area contributed by atoms with E-state index in [-0.39, 0.29) is 11.3 Å². The van der Waals surface area contributed by atoms with Gasteiger partial charge in [-0.2, -0.15) is 0 Å². The highest BCUT2D eigenvalue weighted by atomic mass is 19.1. The topological polar surface area (TPSA) is 52.3 Å². The van der Waals surface area contributed by atoms with E-state index in [0.717, 1.165) is 0 Å². The molecule has 0 aliphatic carbocycles. The van der Waals surface area contributed by atoms with E-state index >= 15 is 0 Å². The summed E-state index contributed by atoms with van der Waals surface area (Å²) in [4.78, 5) is 11.6. The minimum atomic E-state index is -0.585. The molecule has 4 heteroatoms. The minimum Gasteiger partial charge on any atom is -0.493 e. The molecule has 0 fully saturated rings. The molecule has 1 atom stereocenters. The summed E-state index contributed by atoms with van der Waals surface area (Å²) in [5, 5.41) is 0. The van der Waals surface area contributed by atoms with Gasteiger partial charge in [-0.1, -0.05) is 0 Å². The van der Waals surface area contributed by atoms with E-state index in [1.807, 2.05) is 0 Å². The third kappa shape index (κ3) is 1.48. The smallest absolute Gasteiger partial charge is 0.183 e. The van der Waals surface area contributed by atoms with E-state index in [1.165, 1.54) is 18.2 Å². The van der Waals surface area contributed by atoms with Gasteiger partial charge in [0.1, 0.15) is 11.6 Å². The zero-order chi connectivity index (χ0) is 10.1. The van der Waals surface area contributed by atoms with Gasteiger partial charge in [0.25, 0.3) is 0 Å². The Kier molecular flexibility index (Phi) is 2.21. The van der Waals surface area contributed by atoms with Crippen molar-refractivity contribution >= 4 is 5.78 Å². The molecule has 2 rings (SSSR count). The molecule has 0 radical (unpaired) electrons. The average Bonchev–Trinajstić information content (AvgIpc) is 2.30. The molecule has 1 aliphatic rings. The normalized spacial score (nSPS) is 21.0. The number of fused-ring (bicyclic) bond motifs is 1.